The molecule has 0 radical (unpaired) electrons. The van der Waals surface area contributed by atoms with Crippen molar-refractivity contribution in [1.82, 2.24) is 5.32 Å². The molecule has 0 spiro atoms. The van der Waals surface area contributed by atoms with Gasteiger partial charge in [-0.15, -0.1) is 0 Å². The van der Waals surface area contributed by atoms with E-state index in [-0.39, 0.29) is 12.5 Å². The summed E-state index contributed by atoms with van der Waals surface area (Å²) >= 11 is 0. The molecule has 3 rings (SSSR count). The van der Waals surface area contributed by atoms with Gasteiger partial charge in [-0.3, -0.25) is 13.8 Å². The van der Waals surface area contributed by atoms with Crippen LogP contribution in [-0.4, -0.2) is 56.5 Å². The fourth-order valence-corrected chi connectivity index (χ4v) is 4.94. The van der Waals surface area contributed by atoms with E-state index < -0.39 is 51.7 Å². The van der Waals surface area contributed by atoms with Gasteiger partial charge >= 0.3 is 5.97 Å². The van der Waals surface area contributed by atoms with Gasteiger partial charge in [0.05, 0.1) is 0 Å². The quantitative estimate of drug-likeness (QED) is 0.390. The molecule has 3 saturated heterocycles. The number of fused-ring (bicyclic) bond motifs is 1. The van der Waals surface area contributed by atoms with Gasteiger partial charge in [-0.2, -0.15) is 8.42 Å². The highest BCUT2D eigenvalue weighted by atomic mass is 32.2. The second kappa shape index (κ2) is 4.79. The van der Waals surface area contributed by atoms with Crippen LogP contribution in [0.2, 0.25) is 0 Å². The van der Waals surface area contributed by atoms with Gasteiger partial charge in [0.1, 0.15) is 24.9 Å². The largest absolute Gasteiger partial charge is 0.457 e. The third kappa shape index (κ3) is 2.16. The summed E-state index contributed by atoms with van der Waals surface area (Å²) in [6, 6.07) is 0. The van der Waals surface area contributed by atoms with E-state index in [1.165, 1.54) is 0 Å². The molecule has 3 fully saturated rings. The molecule has 0 aliphatic carbocycles. The fraction of sp³-hybridized carbons (Fsp3) is 0.667. The lowest BCUT2D eigenvalue weighted by Crippen LogP contribution is -2.47. The van der Waals surface area contributed by atoms with Crippen molar-refractivity contribution < 1.29 is 31.7 Å². The van der Waals surface area contributed by atoms with Crippen LogP contribution in [0.4, 0.5) is 0 Å². The number of rotatable bonds is 4. The van der Waals surface area contributed by atoms with Crippen LogP contribution < -0.4 is 5.32 Å². The van der Waals surface area contributed by atoms with E-state index in [1.807, 2.05) is 0 Å². The Labute approximate surface area is 121 Å². The van der Waals surface area contributed by atoms with Crippen molar-refractivity contribution in [3.63, 3.8) is 0 Å². The fourth-order valence-electron chi connectivity index (χ4n) is 3.13. The Bertz CT molecular complexity index is 601. The van der Waals surface area contributed by atoms with Crippen molar-refractivity contribution in [3.05, 3.63) is 12.7 Å². The molecular weight excluding hydrogens is 302 g/mol. The Morgan fingerprint density at radius 3 is 2.71 bits per heavy atom. The van der Waals surface area contributed by atoms with Gasteiger partial charge in [0.25, 0.3) is 10.1 Å². The highest BCUT2D eigenvalue weighted by molar-refractivity contribution is 7.87. The van der Waals surface area contributed by atoms with Crippen LogP contribution in [0.1, 0.15) is 6.92 Å². The molecule has 0 aromatic heterocycles. The van der Waals surface area contributed by atoms with Gasteiger partial charge in [0, 0.05) is 5.92 Å². The summed E-state index contributed by atoms with van der Waals surface area (Å²) in [7, 11) is -3.80. The zero-order chi connectivity index (χ0) is 15.4. The second-order valence-electron chi connectivity index (χ2n) is 5.32. The predicted octanol–water partition coefficient (Wildman–Crippen LogP) is -1.29. The summed E-state index contributed by atoms with van der Waals surface area (Å²) in [5, 5.41) is 1.29. The molecule has 8 nitrogen and oxygen atoms in total. The molecule has 1 N–H and O–H groups in total. The maximum absolute atomic E-state index is 12.0. The van der Waals surface area contributed by atoms with Crippen LogP contribution in [-0.2, 0) is 33.4 Å². The molecule has 6 atom stereocenters. The topological polar surface area (TPSA) is 108 Å². The molecule has 0 saturated carbocycles. The summed E-state index contributed by atoms with van der Waals surface area (Å²) in [6.45, 7) is 4.69. The normalized spacial score (nSPS) is 41.8. The lowest BCUT2D eigenvalue weighted by molar-refractivity contribution is -0.151. The Balaban J connectivity index is 1.70. The molecule has 2 bridgehead atoms. The van der Waals surface area contributed by atoms with E-state index in [4.69, 9.17) is 13.7 Å². The number of hydrogen-bond acceptors (Lipinski definition) is 7. The maximum atomic E-state index is 12.0. The first-order valence-corrected chi connectivity index (χ1v) is 7.99. The summed E-state index contributed by atoms with van der Waals surface area (Å²) < 4.78 is 39.7. The number of carbonyl (C=O) groups excluding carboxylic acids is 2. The summed E-state index contributed by atoms with van der Waals surface area (Å²) in [5.74, 6) is -1.41. The molecule has 21 heavy (non-hydrogen) atoms. The molecule has 1 amide bonds. The molecule has 0 aromatic rings. The smallest absolute Gasteiger partial charge is 0.325 e. The number of nitrogens with one attached hydrogen (secondary N) is 1. The minimum absolute atomic E-state index is 0.177. The predicted molar refractivity (Wildman–Crippen MR) is 68.5 cm³/mol. The standard InChI is InChI=1S/C12H15NO7S/c1-3-6(14)13-4-7(15)18-10-8-5(2)9-11(19-8)12(10)21(16,17)20-9/h3,5,8-12H,1,4H2,2H3,(H,13,14). The van der Waals surface area contributed by atoms with Crippen molar-refractivity contribution in [2.24, 2.45) is 5.92 Å². The lowest BCUT2D eigenvalue weighted by atomic mass is 9.86. The molecular formula is C12H15NO7S. The van der Waals surface area contributed by atoms with Crippen molar-refractivity contribution in [3.8, 4) is 0 Å². The minimum Gasteiger partial charge on any atom is -0.457 e. The average Bonchev–Trinajstić information content (AvgIpc) is 3.00. The highest BCUT2D eigenvalue weighted by Gasteiger charge is 2.70. The lowest BCUT2D eigenvalue weighted by Gasteiger charge is -2.25. The van der Waals surface area contributed by atoms with Gasteiger partial charge in [0.2, 0.25) is 5.91 Å². The summed E-state index contributed by atoms with van der Waals surface area (Å²) in [6.07, 6.45) is -1.46. The summed E-state index contributed by atoms with van der Waals surface area (Å²) in [4.78, 5) is 22.7. The third-order valence-electron chi connectivity index (χ3n) is 4.08. The zero-order valence-electron chi connectivity index (χ0n) is 11.2. The van der Waals surface area contributed by atoms with Crippen LogP contribution in [0.3, 0.4) is 0 Å². The summed E-state index contributed by atoms with van der Waals surface area (Å²) in [5.41, 5.74) is 0. The van der Waals surface area contributed by atoms with E-state index in [0.29, 0.717) is 0 Å². The van der Waals surface area contributed by atoms with Crippen LogP contribution >= 0.6 is 0 Å². The van der Waals surface area contributed by atoms with Crippen molar-refractivity contribution in [1.29, 1.82) is 0 Å². The molecule has 3 aliphatic heterocycles. The van der Waals surface area contributed by atoms with Crippen LogP contribution in [0.5, 0.6) is 0 Å². The van der Waals surface area contributed by atoms with E-state index in [9.17, 15) is 18.0 Å². The van der Waals surface area contributed by atoms with E-state index in [0.717, 1.165) is 6.08 Å². The third-order valence-corrected chi connectivity index (χ3v) is 5.78. The van der Waals surface area contributed by atoms with Gasteiger partial charge in [-0.1, -0.05) is 13.5 Å². The molecule has 6 unspecified atom stereocenters. The Kier molecular flexibility index (Phi) is 3.30. The minimum atomic E-state index is -3.80. The number of amides is 1. The Morgan fingerprint density at radius 2 is 2.05 bits per heavy atom. The molecule has 9 heteroatoms. The van der Waals surface area contributed by atoms with Crippen molar-refractivity contribution in [2.45, 2.75) is 36.6 Å². The highest BCUT2D eigenvalue weighted by Crippen LogP contribution is 2.50. The van der Waals surface area contributed by atoms with Gasteiger partial charge < -0.3 is 14.8 Å². The zero-order valence-corrected chi connectivity index (χ0v) is 12.0. The first-order valence-electron chi connectivity index (χ1n) is 6.52. The first-order chi connectivity index (χ1) is 9.85. The number of hydrogen-bond donors (Lipinski definition) is 1. The number of ether oxygens (including phenoxy) is 2. The Morgan fingerprint density at radius 1 is 1.33 bits per heavy atom. The number of esters is 1. The van der Waals surface area contributed by atoms with E-state index in [2.05, 4.69) is 11.9 Å². The molecule has 116 valence electrons. The van der Waals surface area contributed by atoms with E-state index >= 15 is 0 Å². The van der Waals surface area contributed by atoms with Gasteiger partial charge in [-0.05, 0) is 6.08 Å². The average molecular weight is 317 g/mol. The Hall–Kier alpha value is -1.45. The van der Waals surface area contributed by atoms with Crippen LogP contribution in [0, 0.1) is 5.92 Å². The van der Waals surface area contributed by atoms with Gasteiger partial charge in [0.15, 0.2) is 11.4 Å². The SMILES string of the molecule is C=CC(=O)NCC(=O)OC1C2OC3C(OS(=O)(=O)C13)C2C. The van der Waals surface area contributed by atoms with Crippen LogP contribution in [0.25, 0.3) is 0 Å². The first kappa shape index (κ1) is 14.5. The molecule has 3 aliphatic rings. The van der Waals surface area contributed by atoms with Crippen molar-refractivity contribution in [2.75, 3.05) is 6.54 Å². The van der Waals surface area contributed by atoms with Crippen molar-refractivity contribution >= 4 is 22.0 Å². The molecule has 0 aromatic carbocycles. The molecule has 3 heterocycles. The number of carbonyl (C=O) groups is 2. The van der Waals surface area contributed by atoms with Gasteiger partial charge in [-0.25, -0.2) is 0 Å². The second-order valence-corrected chi connectivity index (χ2v) is 7.04. The van der Waals surface area contributed by atoms with E-state index in [1.54, 1.807) is 6.92 Å². The monoisotopic (exact) mass is 317 g/mol. The maximum Gasteiger partial charge on any atom is 0.325 e. The van der Waals surface area contributed by atoms with Crippen LogP contribution in [0.15, 0.2) is 12.7 Å².